The van der Waals surface area contributed by atoms with Crippen LogP contribution in [0.1, 0.15) is 26.7 Å². The second-order valence-electron chi connectivity index (χ2n) is 7.02. The number of hydrogen-bond acceptors (Lipinski definition) is 5. The second-order valence-corrected chi connectivity index (χ2v) is 8.55. The highest BCUT2D eigenvalue weighted by molar-refractivity contribution is 7.89. The quantitative estimate of drug-likeness (QED) is 0.801. The molecule has 0 bridgehead atoms. The van der Waals surface area contributed by atoms with E-state index in [2.05, 4.69) is 10.4 Å². The largest absolute Gasteiger partial charge is 0.490 e. The van der Waals surface area contributed by atoms with Crippen LogP contribution in [0.5, 0.6) is 5.75 Å². The van der Waals surface area contributed by atoms with Crippen molar-refractivity contribution in [3.63, 3.8) is 0 Å². The van der Waals surface area contributed by atoms with E-state index in [1.54, 1.807) is 18.3 Å². The average molecular weight is 378 g/mol. The first-order valence-corrected chi connectivity index (χ1v) is 10.4. The number of nitrogens with zero attached hydrogens (tertiary/aromatic N) is 2. The third-order valence-corrected chi connectivity index (χ3v) is 5.42. The lowest BCUT2D eigenvalue weighted by molar-refractivity contribution is 0.236. The molecule has 0 unspecified atom stereocenters. The third-order valence-electron chi connectivity index (χ3n) is 4.48. The summed E-state index contributed by atoms with van der Waals surface area (Å²) >= 11 is 0. The van der Waals surface area contributed by atoms with Crippen LogP contribution >= 0.6 is 0 Å². The molecule has 0 aliphatic carbocycles. The van der Waals surface area contributed by atoms with E-state index in [0.717, 1.165) is 43.6 Å². The molecule has 0 radical (unpaired) electrons. The maximum atomic E-state index is 12.0. The standard InChI is InChI=1S/C18H26N4O3S/c1-13(2)25-17-4-3-15(9-18(17)26(19,23)24)16-10-21-22(12-16)11-14-5-7-20-8-6-14/h3-4,9-10,12-14,20H,5-8,11H2,1-2H3,(H2,19,23,24). The normalized spacial score (nSPS) is 16.2. The first kappa shape index (κ1) is 18.9. The molecule has 8 heteroatoms. The SMILES string of the molecule is CC(C)Oc1ccc(-c2cnn(CC3CCNCC3)c2)cc1S(N)(=O)=O. The number of hydrogen-bond donors (Lipinski definition) is 2. The molecule has 1 aliphatic rings. The Morgan fingerprint density at radius 1 is 1.31 bits per heavy atom. The molecule has 1 fully saturated rings. The minimum Gasteiger partial charge on any atom is -0.490 e. The van der Waals surface area contributed by atoms with E-state index < -0.39 is 10.0 Å². The predicted molar refractivity (Wildman–Crippen MR) is 100 cm³/mol. The Labute approximate surface area is 154 Å². The molecule has 2 heterocycles. The van der Waals surface area contributed by atoms with Crippen molar-refractivity contribution in [2.45, 2.75) is 44.2 Å². The molecule has 2 aromatic rings. The molecule has 26 heavy (non-hydrogen) atoms. The van der Waals surface area contributed by atoms with Gasteiger partial charge in [0.1, 0.15) is 10.6 Å². The molecule has 0 amide bonds. The Morgan fingerprint density at radius 2 is 2.04 bits per heavy atom. The Hall–Kier alpha value is -1.90. The summed E-state index contributed by atoms with van der Waals surface area (Å²) in [5.74, 6) is 0.888. The van der Waals surface area contributed by atoms with Crippen LogP contribution in [-0.4, -0.2) is 37.4 Å². The summed E-state index contributed by atoms with van der Waals surface area (Å²) in [7, 11) is -3.88. The Kier molecular flexibility index (Phi) is 5.64. The molecule has 3 rings (SSSR count). The lowest BCUT2D eigenvalue weighted by Crippen LogP contribution is -2.29. The fraction of sp³-hybridized carbons (Fsp3) is 0.500. The van der Waals surface area contributed by atoms with Crippen molar-refractivity contribution in [3.05, 3.63) is 30.6 Å². The highest BCUT2D eigenvalue weighted by Crippen LogP contribution is 2.30. The first-order valence-electron chi connectivity index (χ1n) is 8.90. The number of rotatable bonds is 6. The number of aromatic nitrogens is 2. The molecule has 0 atom stereocenters. The van der Waals surface area contributed by atoms with Crippen LogP contribution in [0.15, 0.2) is 35.5 Å². The number of piperidine rings is 1. The zero-order chi connectivity index (χ0) is 18.7. The zero-order valence-electron chi connectivity index (χ0n) is 15.2. The number of sulfonamides is 1. The summed E-state index contributed by atoms with van der Waals surface area (Å²) in [4.78, 5) is -0.00481. The number of nitrogens with one attached hydrogen (secondary N) is 1. The Bertz CT molecular complexity index is 855. The summed E-state index contributed by atoms with van der Waals surface area (Å²) in [6, 6.07) is 5.04. The van der Waals surface area contributed by atoms with Gasteiger partial charge in [0.05, 0.1) is 12.3 Å². The van der Waals surface area contributed by atoms with Crippen LogP contribution in [0.3, 0.4) is 0 Å². The van der Waals surface area contributed by atoms with Gasteiger partial charge in [-0.05, 0) is 63.4 Å². The summed E-state index contributed by atoms with van der Waals surface area (Å²) in [6.45, 7) is 6.65. The van der Waals surface area contributed by atoms with Crippen molar-refractivity contribution in [3.8, 4) is 16.9 Å². The van der Waals surface area contributed by atoms with Gasteiger partial charge in [-0.15, -0.1) is 0 Å². The van der Waals surface area contributed by atoms with Gasteiger partial charge < -0.3 is 10.1 Å². The van der Waals surface area contributed by atoms with Gasteiger partial charge in [0.15, 0.2) is 0 Å². The molecule has 1 aromatic heterocycles. The van der Waals surface area contributed by atoms with Crippen molar-refractivity contribution >= 4 is 10.0 Å². The highest BCUT2D eigenvalue weighted by Gasteiger charge is 2.19. The zero-order valence-corrected chi connectivity index (χ0v) is 16.0. The van der Waals surface area contributed by atoms with E-state index >= 15 is 0 Å². The molecule has 1 aliphatic heterocycles. The molecule has 7 nitrogen and oxygen atoms in total. The van der Waals surface area contributed by atoms with E-state index in [1.165, 1.54) is 0 Å². The smallest absolute Gasteiger partial charge is 0.241 e. The van der Waals surface area contributed by atoms with Gasteiger partial charge in [-0.25, -0.2) is 13.6 Å². The Balaban J connectivity index is 1.85. The minimum absolute atomic E-state index is 0.00481. The maximum Gasteiger partial charge on any atom is 0.241 e. The van der Waals surface area contributed by atoms with Gasteiger partial charge in [-0.2, -0.15) is 5.10 Å². The second kappa shape index (κ2) is 7.77. The van der Waals surface area contributed by atoms with Gasteiger partial charge in [0.25, 0.3) is 0 Å². The highest BCUT2D eigenvalue weighted by atomic mass is 32.2. The van der Waals surface area contributed by atoms with Gasteiger partial charge >= 0.3 is 0 Å². The summed E-state index contributed by atoms with van der Waals surface area (Å²) in [5.41, 5.74) is 1.61. The molecule has 0 saturated carbocycles. The van der Waals surface area contributed by atoms with E-state index in [-0.39, 0.29) is 16.7 Å². The van der Waals surface area contributed by atoms with Crippen molar-refractivity contribution < 1.29 is 13.2 Å². The van der Waals surface area contributed by atoms with Crippen LogP contribution in [0, 0.1) is 5.92 Å². The summed E-state index contributed by atoms with van der Waals surface area (Å²) < 4.78 is 31.4. The first-order chi connectivity index (χ1) is 12.3. The molecule has 142 valence electrons. The van der Waals surface area contributed by atoms with Crippen molar-refractivity contribution in [2.24, 2.45) is 11.1 Å². The lowest BCUT2D eigenvalue weighted by Gasteiger charge is -2.22. The van der Waals surface area contributed by atoms with Crippen molar-refractivity contribution in [1.82, 2.24) is 15.1 Å². The number of ether oxygens (including phenoxy) is 1. The van der Waals surface area contributed by atoms with E-state index in [0.29, 0.717) is 5.92 Å². The number of nitrogens with two attached hydrogens (primary N) is 1. The van der Waals surface area contributed by atoms with Gasteiger partial charge in [-0.1, -0.05) is 6.07 Å². The Morgan fingerprint density at radius 3 is 2.69 bits per heavy atom. The summed E-state index contributed by atoms with van der Waals surface area (Å²) in [6.07, 6.45) is 5.85. The number of benzene rings is 1. The van der Waals surface area contributed by atoms with Crippen LogP contribution in [0.25, 0.3) is 11.1 Å². The minimum atomic E-state index is -3.88. The van der Waals surface area contributed by atoms with Crippen molar-refractivity contribution in [2.75, 3.05) is 13.1 Å². The maximum absolute atomic E-state index is 12.0. The molecular formula is C18H26N4O3S. The topological polar surface area (TPSA) is 99.2 Å². The lowest BCUT2D eigenvalue weighted by atomic mass is 9.98. The molecular weight excluding hydrogens is 352 g/mol. The molecule has 1 saturated heterocycles. The molecule has 3 N–H and O–H groups in total. The third kappa shape index (κ3) is 4.63. The van der Waals surface area contributed by atoms with Crippen LogP contribution in [0.2, 0.25) is 0 Å². The van der Waals surface area contributed by atoms with E-state index in [1.807, 2.05) is 30.8 Å². The average Bonchev–Trinajstić information content (AvgIpc) is 3.03. The van der Waals surface area contributed by atoms with Crippen LogP contribution < -0.4 is 15.2 Å². The predicted octanol–water partition coefficient (Wildman–Crippen LogP) is 1.98. The van der Waals surface area contributed by atoms with E-state index in [9.17, 15) is 8.42 Å². The fourth-order valence-corrected chi connectivity index (χ4v) is 3.89. The van der Waals surface area contributed by atoms with Crippen LogP contribution in [0.4, 0.5) is 0 Å². The van der Waals surface area contributed by atoms with E-state index in [4.69, 9.17) is 9.88 Å². The van der Waals surface area contributed by atoms with Gasteiger partial charge in [-0.3, -0.25) is 4.68 Å². The fourth-order valence-electron chi connectivity index (χ4n) is 3.20. The van der Waals surface area contributed by atoms with Gasteiger partial charge in [0.2, 0.25) is 10.0 Å². The van der Waals surface area contributed by atoms with Crippen molar-refractivity contribution in [1.29, 1.82) is 0 Å². The van der Waals surface area contributed by atoms with Gasteiger partial charge in [0, 0.05) is 18.3 Å². The van der Waals surface area contributed by atoms with Crippen LogP contribution in [-0.2, 0) is 16.6 Å². The summed E-state index contributed by atoms with van der Waals surface area (Å²) in [5, 5.41) is 13.2. The monoisotopic (exact) mass is 378 g/mol. The molecule has 0 spiro atoms. The molecule has 1 aromatic carbocycles. The number of primary sulfonamides is 1.